The van der Waals surface area contributed by atoms with Gasteiger partial charge in [-0.15, -0.1) is 23.1 Å². The fourth-order valence-corrected chi connectivity index (χ4v) is 5.47. The summed E-state index contributed by atoms with van der Waals surface area (Å²) in [7, 11) is 3.25. The lowest BCUT2D eigenvalue weighted by Gasteiger charge is -2.11. The van der Waals surface area contributed by atoms with Crippen LogP contribution in [0.5, 0.6) is 0 Å². The number of thioether (sulfide) groups is 1. The highest BCUT2D eigenvalue weighted by atomic mass is 32.2. The van der Waals surface area contributed by atoms with Crippen molar-refractivity contribution < 1.29 is 0 Å². The Labute approximate surface area is 152 Å². The summed E-state index contributed by atoms with van der Waals surface area (Å²) in [4.78, 5) is 28.0. The van der Waals surface area contributed by atoms with Gasteiger partial charge in [-0.05, 0) is 12.1 Å². The lowest BCUT2D eigenvalue weighted by Crippen LogP contribution is -2.36. The van der Waals surface area contributed by atoms with Gasteiger partial charge in [-0.25, -0.2) is 4.79 Å². The lowest BCUT2D eigenvalue weighted by molar-refractivity contribution is 0.717. The topological polar surface area (TPSA) is 44.0 Å². The van der Waals surface area contributed by atoms with E-state index in [1.807, 2.05) is 36.4 Å². The summed E-state index contributed by atoms with van der Waals surface area (Å²) in [6.07, 6.45) is 8.09. The van der Waals surface area contributed by atoms with Crippen molar-refractivity contribution in [1.82, 2.24) is 9.13 Å². The molecular weight excluding hydrogens is 352 g/mol. The zero-order chi connectivity index (χ0) is 17.6. The number of hydrogen-bond donors (Lipinski definition) is 0. The maximum absolute atomic E-state index is 12.7. The van der Waals surface area contributed by atoms with Crippen LogP contribution in [0.1, 0.15) is 15.7 Å². The fourth-order valence-electron chi connectivity index (χ4n) is 2.98. The third-order valence-corrected chi connectivity index (χ3v) is 6.98. The van der Waals surface area contributed by atoms with Crippen LogP contribution in [0.2, 0.25) is 0 Å². The zero-order valence-corrected chi connectivity index (χ0v) is 15.4. The quantitative estimate of drug-likeness (QED) is 0.692. The molecule has 0 radical (unpaired) electrons. The van der Waals surface area contributed by atoms with Gasteiger partial charge in [0.2, 0.25) is 0 Å². The van der Waals surface area contributed by atoms with Gasteiger partial charge in [0.1, 0.15) is 4.83 Å². The summed E-state index contributed by atoms with van der Waals surface area (Å²) in [5.41, 5.74) is 0.404. The number of thiophene rings is 1. The van der Waals surface area contributed by atoms with Crippen molar-refractivity contribution in [3.63, 3.8) is 0 Å². The Balaban J connectivity index is 1.96. The van der Waals surface area contributed by atoms with Crippen molar-refractivity contribution in [1.29, 1.82) is 0 Å². The van der Waals surface area contributed by atoms with Crippen LogP contribution >= 0.6 is 23.1 Å². The molecule has 25 heavy (non-hydrogen) atoms. The highest BCUT2D eigenvalue weighted by Gasteiger charge is 2.24. The van der Waals surface area contributed by atoms with Crippen LogP contribution in [0.25, 0.3) is 16.3 Å². The van der Waals surface area contributed by atoms with E-state index in [-0.39, 0.29) is 16.5 Å². The second-order valence-corrected chi connectivity index (χ2v) is 8.11. The smallest absolute Gasteiger partial charge is 0.287 e. The van der Waals surface area contributed by atoms with Crippen molar-refractivity contribution in [3.05, 3.63) is 79.8 Å². The van der Waals surface area contributed by atoms with Gasteiger partial charge >= 0.3 is 5.69 Å². The summed E-state index contributed by atoms with van der Waals surface area (Å²) in [5, 5.41) is 0.729. The first kappa shape index (κ1) is 16.2. The van der Waals surface area contributed by atoms with E-state index in [0.717, 1.165) is 15.3 Å². The Kier molecular flexibility index (Phi) is 4.01. The van der Waals surface area contributed by atoms with Crippen molar-refractivity contribution >= 4 is 39.4 Å². The lowest BCUT2D eigenvalue weighted by atomic mass is 10.1. The highest BCUT2D eigenvalue weighted by Crippen LogP contribution is 2.44. The van der Waals surface area contributed by atoms with Crippen molar-refractivity contribution in [2.45, 2.75) is 10.1 Å². The summed E-state index contributed by atoms with van der Waals surface area (Å²) >= 11 is 3.27. The largest absolute Gasteiger partial charge is 0.331 e. The highest BCUT2D eigenvalue weighted by molar-refractivity contribution is 7.99. The molecule has 0 spiro atoms. The second-order valence-electron chi connectivity index (χ2n) is 5.86. The fraction of sp³-hybridized carbons (Fsp3) is 0.158. The van der Waals surface area contributed by atoms with Crippen LogP contribution in [0.4, 0.5) is 0 Å². The van der Waals surface area contributed by atoms with Gasteiger partial charge in [0.25, 0.3) is 5.56 Å². The normalized spacial score (nSPS) is 16.2. The van der Waals surface area contributed by atoms with Crippen LogP contribution in [-0.2, 0) is 14.1 Å². The standard InChI is InChI=1S/C19H16N2O2S2/c1-20-17(22)15-13-10-6-7-11-14(24-12-8-4-3-5-9-12)16(13)25-18(15)21(2)19(20)23/h3-11,14H,1-2H3. The van der Waals surface area contributed by atoms with Crippen molar-refractivity contribution in [2.75, 3.05) is 0 Å². The molecule has 0 N–H and O–H groups in total. The van der Waals surface area contributed by atoms with E-state index in [9.17, 15) is 9.59 Å². The van der Waals surface area contributed by atoms with Gasteiger partial charge in [0.05, 0.1) is 10.6 Å². The maximum atomic E-state index is 12.7. The molecule has 1 aliphatic rings. The summed E-state index contributed by atoms with van der Waals surface area (Å²) < 4.78 is 2.75. The predicted octanol–water partition coefficient (Wildman–Crippen LogP) is 3.72. The van der Waals surface area contributed by atoms with E-state index in [4.69, 9.17) is 0 Å². The average molecular weight is 368 g/mol. The Morgan fingerprint density at radius 2 is 1.80 bits per heavy atom. The number of benzene rings is 1. The van der Waals surface area contributed by atoms with Gasteiger partial charge in [-0.1, -0.05) is 42.5 Å². The molecule has 0 amide bonds. The minimum absolute atomic E-state index is 0.101. The first-order chi connectivity index (χ1) is 12.1. The van der Waals surface area contributed by atoms with E-state index in [1.165, 1.54) is 27.8 Å². The van der Waals surface area contributed by atoms with Crippen molar-refractivity contribution in [3.8, 4) is 0 Å². The van der Waals surface area contributed by atoms with Crippen LogP contribution in [-0.4, -0.2) is 9.13 Å². The molecule has 4 nitrogen and oxygen atoms in total. The second kappa shape index (κ2) is 6.20. The molecule has 0 saturated carbocycles. The number of allylic oxidation sites excluding steroid dienone is 2. The minimum atomic E-state index is -0.291. The maximum Gasteiger partial charge on any atom is 0.331 e. The molecule has 2 heterocycles. The first-order valence-electron chi connectivity index (χ1n) is 7.87. The Hall–Kier alpha value is -2.31. The van der Waals surface area contributed by atoms with Gasteiger partial charge < -0.3 is 0 Å². The molecule has 0 fully saturated rings. The average Bonchev–Trinajstić information content (AvgIpc) is 2.91. The van der Waals surface area contributed by atoms with E-state index in [0.29, 0.717) is 5.39 Å². The molecule has 0 aliphatic heterocycles. The monoisotopic (exact) mass is 368 g/mol. The molecule has 0 bridgehead atoms. The molecule has 1 aromatic carbocycles. The number of nitrogens with zero attached hydrogens (tertiary/aromatic N) is 2. The third kappa shape index (κ3) is 2.62. The molecule has 4 rings (SSSR count). The van der Waals surface area contributed by atoms with E-state index in [2.05, 4.69) is 18.2 Å². The minimum Gasteiger partial charge on any atom is -0.287 e. The molecule has 6 heteroatoms. The Bertz CT molecular complexity index is 1130. The molecule has 126 valence electrons. The zero-order valence-electron chi connectivity index (χ0n) is 13.8. The van der Waals surface area contributed by atoms with Gasteiger partial charge in [0.15, 0.2) is 0 Å². The molecule has 3 aromatic rings. The van der Waals surface area contributed by atoms with Gasteiger partial charge in [0, 0.05) is 29.4 Å². The summed E-state index contributed by atoms with van der Waals surface area (Å²) in [6.45, 7) is 0. The van der Waals surface area contributed by atoms with Crippen LogP contribution in [0, 0.1) is 0 Å². The van der Waals surface area contributed by atoms with Crippen LogP contribution in [0.3, 0.4) is 0 Å². The summed E-state index contributed by atoms with van der Waals surface area (Å²) in [6, 6.07) is 10.2. The van der Waals surface area contributed by atoms with Crippen LogP contribution < -0.4 is 11.2 Å². The van der Waals surface area contributed by atoms with Gasteiger partial charge in [-0.3, -0.25) is 13.9 Å². The number of aryl methyl sites for hydroxylation is 1. The molecule has 1 aliphatic carbocycles. The first-order valence-corrected chi connectivity index (χ1v) is 9.56. The molecular formula is C19H16N2O2S2. The van der Waals surface area contributed by atoms with E-state index in [1.54, 1.807) is 23.4 Å². The Morgan fingerprint density at radius 1 is 1.04 bits per heavy atom. The Morgan fingerprint density at radius 3 is 2.56 bits per heavy atom. The molecule has 0 saturated heterocycles. The van der Waals surface area contributed by atoms with Crippen molar-refractivity contribution in [2.24, 2.45) is 14.1 Å². The van der Waals surface area contributed by atoms with E-state index < -0.39 is 0 Å². The van der Waals surface area contributed by atoms with Gasteiger partial charge in [-0.2, -0.15) is 0 Å². The molecule has 2 aromatic heterocycles. The number of aromatic nitrogens is 2. The molecule has 1 unspecified atom stereocenters. The number of fused-ring (bicyclic) bond motifs is 3. The summed E-state index contributed by atoms with van der Waals surface area (Å²) in [5.74, 6) is 0. The number of hydrogen-bond acceptors (Lipinski definition) is 4. The number of rotatable bonds is 2. The third-order valence-electron chi connectivity index (χ3n) is 4.28. The SMILES string of the molecule is Cn1c(=O)c2c3c(sc2n(C)c1=O)C(Sc1ccccc1)C=CC=C3. The van der Waals surface area contributed by atoms with Crippen LogP contribution in [0.15, 0.2) is 63.0 Å². The van der Waals surface area contributed by atoms with E-state index >= 15 is 0 Å². The predicted molar refractivity (Wildman–Crippen MR) is 106 cm³/mol. The molecule has 1 atom stereocenters.